The van der Waals surface area contributed by atoms with Crippen molar-refractivity contribution in [1.82, 2.24) is 0 Å². The Bertz CT molecular complexity index is 1410. The maximum absolute atomic E-state index is 12.5. The van der Waals surface area contributed by atoms with E-state index < -0.39 is 18.5 Å². The number of aromatic carboxylic acids is 1. The smallest absolute Gasteiger partial charge is 0.349 e. The first kappa shape index (κ1) is 25.0. The molecule has 2 aromatic carbocycles. The molecule has 10 heteroatoms. The third-order valence-corrected chi connectivity index (χ3v) is 7.53. The molecule has 0 bridgehead atoms. The van der Waals surface area contributed by atoms with Gasteiger partial charge in [0.05, 0.1) is 4.88 Å². The molecule has 4 aromatic rings. The number of ether oxygens (including phenoxy) is 1. The van der Waals surface area contributed by atoms with E-state index in [2.05, 4.69) is 10.6 Å². The lowest BCUT2D eigenvalue weighted by Gasteiger charge is -2.08. The van der Waals surface area contributed by atoms with Crippen LogP contribution in [0.2, 0.25) is 0 Å². The van der Waals surface area contributed by atoms with Gasteiger partial charge in [-0.3, -0.25) is 4.79 Å². The van der Waals surface area contributed by atoms with E-state index in [0.29, 0.717) is 21.9 Å². The average Bonchev–Trinajstić information content (AvgIpc) is 3.47. The summed E-state index contributed by atoms with van der Waals surface area (Å²) in [4.78, 5) is 37.3. The van der Waals surface area contributed by atoms with Gasteiger partial charge in [-0.05, 0) is 48.9 Å². The number of rotatable bonds is 10. The van der Waals surface area contributed by atoms with Gasteiger partial charge in [0.15, 0.2) is 11.5 Å². The van der Waals surface area contributed by atoms with Crippen molar-refractivity contribution >= 4 is 51.9 Å². The van der Waals surface area contributed by atoms with E-state index in [0.717, 1.165) is 33.2 Å². The molecule has 2 aromatic heterocycles. The molecular weight excluding hydrogens is 500 g/mol. The largest absolute Gasteiger partial charge is 0.480 e. The summed E-state index contributed by atoms with van der Waals surface area (Å²) in [5.74, 6) is -2.45. The number of aliphatic carboxylic acids is 1. The molecule has 0 radical (unpaired) electrons. The molecule has 4 rings (SSSR count). The number of amides is 1. The Morgan fingerprint density at radius 2 is 1.67 bits per heavy atom. The molecule has 0 spiro atoms. The van der Waals surface area contributed by atoms with Crippen LogP contribution in [0, 0.1) is 6.92 Å². The molecule has 0 aliphatic heterocycles. The summed E-state index contributed by atoms with van der Waals surface area (Å²) in [5, 5.41) is 24.7. The Morgan fingerprint density at radius 1 is 0.917 bits per heavy atom. The van der Waals surface area contributed by atoms with Crippen LogP contribution in [0.15, 0.2) is 66.7 Å². The summed E-state index contributed by atoms with van der Waals surface area (Å²) in [6, 6.07) is 20.4. The number of carboxylic acids is 2. The van der Waals surface area contributed by atoms with Crippen molar-refractivity contribution in [2.45, 2.75) is 13.5 Å². The summed E-state index contributed by atoms with van der Waals surface area (Å²) in [7, 11) is 0. The predicted molar refractivity (Wildman–Crippen MR) is 141 cm³/mol. The zero-order valence-electron chi connectivity index (χ0n) is 19.1. The van der Waals surface area contributed by atoms with Crippen LogP contribution < -0.4 is 15.4 Å². The van der Waals surface area contributed by atoms with Crippen molar-refractivity contribution in [2.75, 3.05) is 17.2 Å². The molecule has 36 heavy (non-hydrogen) atoms. The maximum Gasteiger partial charge on any atom is 0.349 e. The van der Waals surface area contributed by atoms with Crippen molar-refractivity contribution in [3.63, 3.8) is 0 Å². The van der Waals surface area contributed by atoms with E-state index >= 15 is 0 Å². The summed E-state index contributed by atoms with van der Waals surface area (Å²) in [6.07, 6.45) is 0. The molecule has 0 aliphatic rings. The highest BCUT2D eigenvalue weighted by atomic mass is 32.1. The molecule has 1 amide bonds. The van der Waals surface area contributed by atoms with Gasteiger partial charge < -0.3 is 25.6 Å². The topological polar surface area (TPSA) is 125 Å². The number of carbonyl (C=O) groups is 3. The van der Waals surface area contributed by atoms with Crippen LogP contribution >= 0.6 is 22.7 Å². The molecule has 0 saturated carbocycles. The standard InChI is InChI=1S/C26H22N2O6S2/c1-15-22(34-14-21(29)30)24(26(32)33)36-23(15)16-6-5-9-18(12-16)27-13-19-10-11-20(35-19)25(31)28-17-7-3-2-4-8-17/h2-12,27H,13-14H2,1H3,(H,28,31)(H,29,30)(H,32,33). The zero-order valence-corrected chi connectivity index (χ0v) is 20.7. The molecule has 184 valence electrons. The van der Waals surface area contributed by atoms with Crippen molar-refractivity contribution in [2.24, 2.45) is 0 Å². The van der Waals surface area contributed by atoms with Gasteiger partial charge in [0, 0.05) is 33.2 Å². The number of para-hydroxylation sites is 1. The third kappa shape index (κ3) is 5.91. The number of hydrogen-bond acceptors (Lipinski definition) is 7. The minimum atomic E-state index is -1.18. The number of thiophene rings is 2. The Kier molecular flexibility index (Phi) is 7.67. The SMILES string of the molecule is Cc1c(-c2cccc(NCc3ccc(C(=O)Nc4ccccc4)s3)c2)sc(C(=O)O)c1OCC(=O)O. The van der Waals surface area contributed by atoms with Gasteiger partial charge >= 0.3 is 11.9 Å². The van der Waals surface area contributed by atoms with Gasteiger partial charge in [-0.25, -0.2) is 9.59 Å². The lowest BCUT2D eigenvalue weighted by Crippen LogP contribution is -2.11. The first-order chi connectivity index (χ1) is 17.3. The molecule has 0 saturated heterocycles. The van der Waals surface area contributed by atoms with Crippen LogP contribution in [0.4, 0.5) is 11.4 Å². The summed E-state index contributed by atoms with van der Waals surface area (Å²) < 4.78 is 5.27. The average molecular weight is 523 g/mol. The molecule has 0 atom stereocenters. The first-order valence-electron chi connectivity index (χ1n) is 10.8. The quantitative estimate of drug-likeness (QED) is 0.207. The first-order valence-corrected chi connectivity index (χ1v) is 12.5. The Labute approximate surface area is 214 Å². The minimum absolute atomic E-state index is 0.0398. The van der Waals surface area contributed by atoms with E-state index in [1.807, 2.05) is 60.7 Å². The monoisotopic (exact) mass is 522 g/mol. The van der Waals surface area contributed by atoms with Gasteiger partial charge in [-0.2, -0.15) is 0 Å². The second-order valence-corrected chi connectivity index (χ2v) is 9.91. The van der Waals surface area contributed by atoms with Gasteiger partial charge in [0.2, 0.25) is 0 Å². The number of nitrogens with one attached hydrogen (secondary N) is 2. The van der Waals surface area contributed by atoms with E-state index in [9.17, 15) is 19.5 Å². The second kappa shape index (κ2) is 11.1. The summed E-state index contributed by atoms with van der Waals surface area (Å²) in [6.45, 7) is 1.60. The minimum Gasteiger partial charge on any atom is -0.480 e. The highest BCUT2D eigenvalue weighted by molar-refractivity contribution is 7.18. The van der Waals surface area contributed by atoms with E-state index in [-0.39, 0.29) is 16.5 Å². The van der Waals surface area contributed by atoms with Crippen LogP contribution in [0.1, 0.15) is 29.8 Å². The van der Waals surface area contributed by atoms with Gasteiger partial charge in [-0.1, -0.05) is 30.3 Å². The maximum atomic E-state index is 12.5. The molecular formula is C26H22N2O6S2. The van der Waals surface area contributed by atoms with Gasteiger partial charge in [0.25, 0.3) is 5.91 Å². The van der Waals surface area contributed by atoms with Crippen molar-refractivity contribution in [1.29, 1.82) is 0 Å². The normalized spacial score (nSPS) is 10.6. The fourth-order valence-corrected chi connectivity index (χ4v) is 5.42. The fourth-order valence-electron chi connectivity index (χ4n) is 3.49. The van der Waals surface area contributed by atoms with Crippen LogP contribution in [0.25, 0.3) is 10.4 Å². The van der Waals surface area contributed by atoms with E-state index in [1.54, 1.807) is 13.0 Å². The number of carboxylic acid groups (broad SMARTS) is 2. The van der Waals surface area contributed by atoms with Crippen LogP contribution in [0.5, 0.6) is 5.75 Å². The molecule has 0 unspecified atom stereocenters. The number of benzene rings is 2. The Balaban J connectivity index is 1.46. The Hall–Kier alpha value is -4.15. The second-order valence-electron chi connectivity index (χ2n) is 7.72. The number of carbonyl (C=O) groups excluding carboxylic acids is 1. The highest BCUT2D eigenvalue weighted by Crippen LogP contribution is 2.42. The van der Waals surface area contributed by atoms with Crippen LogP contribution in [0.3, 0.4) is 0 Å². The van der Waals surface area contributed by atoms with Gasteiger partial charge in [0.1, 0.15) is 5.75 Å². The molecule has 2 heterocycles. The summed E-state index contributed by atoms with van der Waals surface area (Å²) >= 11 is 2.44. The van der Waals surface area contributed by atoms with E-state index in [1.165, 1.54) is 11.3 Å². The molecule has 0 fully saturated rings. The highest BCUT2D eigenvalue weighted by Gasteiger charge is 2.23. The van der Waals surface area contributed by atoms with Crippen molar-refractivity contribution in [3.05, 3.63) is 86.9 Å². The molecule has 0 aliphatic carbocycles. The zero-order chi connectivity index (χ0) is 25.7. The third-order valence-electron chi connectivity index (χ3n) is 5.13. The molecule has 8 nitrogen and oxygen atoms in total. The van der Waals surface area contributed by atoms with E-state index in [4.69, 9.17) is 9.84 Å². The predicted octanol–water partition coefficient (Wildman–Crippen LogP) is 5.81. The number of anilines is 2. The van der Waals surface area contributed by atoms with Crippen LogP contribution in [-0.4, -0.2) is 34.7 Å². The summed E-state index contributed by atoms with van der Waals surface area (Å²) in [5.41, 5.74) is 2.90. The van der Waals surface area contributed by atoms with Crippen LogP contribution in [-0.2, 0) is 11.3 Å². The lowest BCUT2D eigenvalue weighted by atomic mass is 10.1. The lowest BCUT2D eigenvalue weighted by molar-refractivity contribution is -0.139. The van der Waals surface area contributed by atoms with Crippen molar-refractivity contribution < 1.29 is 29.3 Å². The number of hydrogen-bond donors (Lipinski definition) is 4. The molecule has 4 N–H and O–H groups in total. The fraction of sp³-hybridized carbons (Fsp3) is 0.115. The van der Waals surface area contributed by atoms with Crippen molar-refractivity contribution in [3.8, 4) is 16.2 Å². The Morgan fingerprint density at radius 3 is 2.39 bits per heavy atom. The van der Waals surface area contributed by atoms with Gasteiger partial charge in [-0.15, -0.1) is 22.7 Å².